The third kappa shape index (κ3) is 4.46. The Morgan fingerprint density at radius 1 is 1.14 bits per heavy atom. The van der Waals surface area contributed by atoms with E-state index in [9.17, 15) is 0 Å². The van der Waals surface area contributed by atoms with Gasteiger partial charge < -0.3 is 12.4 Å². The van der Waals surface area contributed by atoms with Gasteiger partial charge in [-0.15, -0.1) is 11.3 Å². The SMILES string of the molecule is Cc1nc(C#Cc2ccc(N3CCCCCC3)[nH+]c2)cs1.[Cl-]. The summed E-state index contributed by atoms with van der Waals surface area (Å²) < 4.78 is 0. The highest BCUT2D eigenvalue weighted by molar-refractivity contribution is 7.09. The lowest BCUT2D eigenvalue weighted by Crippen LogP contribution is -3.00. The van der Waals surface area contributed by atoms with Crippen LogP contribution in [0.25, 0.3) is 0 Å². The van der Waals surface area contributed by atoms with Gasteiger partial charge in [0.25, 0.3) is 5.82 Å². The molecule has 0 aliphatic carbocycles. The summed E-state index contributed by atoms with van der Waals surface area (Å²) in [6.45, 7) is 4.30. The number of thiazole rings is 1. The Morgan fingerprint density at radius 2 is 1.91 bits per heavy atom. The smallest absolute Gasteiger partial charge is 0.274 e. The van der Waals surface area contributed by atoms with Crippen molar-refractivity contribution in [2.24, 2.45) is 0 Å². The predicted molar refractivity (Wildman–Crippen MR) is 86.5 cm³/mol. The molecule has 0 aromatic carbocycles. The molecule has 1 aliphatic heterocycles. The van der Waals surface area contributed by atoms with Crippen LogP contribution in [-0.4, -0.2) is 18.1 Å². The van der Waals surface area contributed by atoms with Gasteiger partial charge in [0.05, 0.1) is 23.7 Å². The number of aromatic amines is 1. The number of hydrogen-bond donors (Lipinski definition) is 0. The minimum Gasteiger partial charge on any atom is -1.00 e. The van der Waals surface area contributed by atoms with Gasteiger partial charge in [0.1, 0.15) is 11.9 Å². The average Bonchev–Trinajstić information content (AvgIpc) is 2.76. The normalized spacial score (nSPS) is 14.5. The maximum absolute atomic E-state index is 4.35. The van der Waals surface area contributed by atoms with Gasteiger partial charge in [-0.25, -0.2) is 9.97 Å². The molecule has 0 bridgehead atoms. The first-order chi connectivity index (χ1) is 10.3. The van der Waals surface area contributed by atoms with Gasteiger partial charge in [0.2, 0.25) is 0 Å². The van der Waals surface area contributed by atoms with E-state index < -0.39 is 0 Å². The number of nitrogens with zero attached hydrogens (tertiary/aromatic N) is 2. The summed E-state index contributed by atoms with van der Waals surface area (Å²) in [5.74, 6) is 7.47. The Balaban J connectivity index is 0.00000176. The molecule has 0 spiro atoms. The van der Waals surface area contributed by atoms with Gasteiger partial charge in [-0.2, -0.15) is 0 Å². The van der Waals surface area contributed by atoms with Gasteiger partial charge in [0.15, 0.2) is 0 Å². The molecule has 3 nitrogen and oxygen atoms in total. The zero-order valence-corrected chi connectivity index (χ0v) is 14.3. The van der Waals surface area contributed by atoms with Crippen LogP contribution < -0.4 is 22.3 Å². The fraction of sp³-hybridized carbons (Fsp3) is 0.412. The van der Waals surface area contributed by atoms with Crippen molar-refractivity contribution in [1.82, 2.24) is 4.98 Å². The molecule has 2 aromatic heterocycles. The highest BCUT2D eigenvalue weighted by Gasteiger charge is 2.16. The number of halogens is 1. The Hall–Kier alpha value is -1.57. The quantitative estimate of drug-likeness (QED) is 0.690. The first-order valence-corrected chi connectivity index (χ1v) is 8.40. The molecule has 0 saturated carbocycles. The second-order valence-electron chi connectivity index (χ2n) is 5.37. The average molecular weight is 334 g/mol. The summed E-state index contributed by atoms with van der Waals surface area (Å²) in [4.78, 5) is 10.2. The number of aryl methyl sites for hydroxylation is 1. The summed E-state index contributed by atoms with van der Waals surface area (Å²) in [5, 5.41) is 3.06. The summed E-state index contributed by atoms with van der Waals surface area (Å²) in [7, 11) is 0. The zero-order chi connectivity index (χ0) is 14.5. The third-order valence-electron chi connectivity index (χ3n) is 3.70. The fourth-order valence-corrected chi connectivity index (χ4v) is 3.10. The van der Waals surface area contributed by atoms with Crippen molar-refractivity contribution in [3.8, 4) is 11.8 Å². The second-order valence-corrected chi connectivity index (χ2v) is 6.43. The summed E-state index contributed by atoms with van der Waals surface area (Å²) >= 11 is 1.63. The van der Waals surface area contributed by atoms with Crippen molar-refractivity contribution < 1.29 is 17.4 Å². The van der Waals surface area contributed by atoms with Crippen LogP contribution >= 0.6 is 11.3 Å². The largest absolute Gasteiger partial charge is 1.00 e. The molecule has 1 saturated heterocycles. The molecule has 3 heterocycles. The van der Waals surface area contributed by atoms with Gasteiger partial charge in [0, 0.05) is 11.4 Å². The van der Waals surface area contributed by atoms with E-state index in [0.29, 0.717) is 0 Å². The van der Waals surface area contributed by atoms with Crippen LogP contribution in [0.15, 0.2) is 23.7 Å². The summed E-state index contributed by atoms with van der Waals surface area (Å²) in [6.07, 6.45) is 7.28. The molecule has 0 atom stereocenters. The van der Waals surface area contributed by atoms with E-state index >= 15 is 0 Å². The summed E-state index contributed by atoms with van der Waals surface area (Å²) in [5.41, 5.74) is 1.85. The van der Waals surface area contributed by atoms with E-state index in [1.807, 2.05) is 18.5 Å². The first-order valence-electron chi connectivity index (χ1n) is 7.52. The molecule has 1 fully saturated rings. The summed E-state index contributed by atoms with van der Waals surface area (Å²) in [6, 6.07) is 4.23. The number of nitrogens with one attached hydrogen (secondary N) is 1. The maximum atomic E-state index is 4.35. The fourth-order valence-electron chi connectivity index (χ4n) is 2.56. The van der Waals surface area contributed by atoms with Gasteiger partial charge in [-0.05, 0) is 44.6 Å². The van der Waals surface area contributed by atoms with Gasteiger partial charge in [-0.3, -0.25) is 4.90 Å². The minimum atomic E-state index is 0. The number of aromatic nitrogens is 2. The molecule has 0 unspecified atom stereocenters. The number of pyridine rings is 1. The van der Waals surface area contributed by atoms with E-state index in [0.717, 1.165) is 29.4 Å². The predicted octanol–water partition coefficient (Wildman–Crippen LogP) is 0.0498. The molecule has 1 N–H and O–H groups in total. The van der Waals surface area contributed by atoms with Crippen LogP contribution in [0.2, 0.25) is 0 Å². The van der Waals surface area contributed by atoms with E-state index in [1.54, 1.807) is 11.3 Å². The molecule has 1 aliphatic rings. The highest BCUT2D eigenvalue weighted by Crippen LogP contribution is 2.15. The zero-order valence-electron chi connectivity index (χ0n) is 12.7. The second kappa shape index (κ2) is 8.17. The van der Waals surface area contributed by atoms with Crippen LogP contribution in [0.1, 0.15) is 41.9 Å². The molecule has 0 radical (unpaired) electrons. The van der Waals surface area contributed by atoms with Crippen molar-refractivity contribution in [2.45, 2.75) is 32.6 Å². The van der Waals surface area contributed by atoms with Crippen LogP contribution in [0.3, 0.4) is 0 Å². The number of H-pyrrole nitrogens is 1. The van der Waals surface area contributed by atoms with Crippen molar-refractivity contribution in [2.75, 3.05) is 18.0 Å². The van der Waals surface area contributed by atoms with Crippen molar-refractivity contribution >= 4 is 17.2 Å². The molecule has 5 heteroatoms. The molecule has 3 rings (SSSR count). The van der Waals surface area contributed by atoms with Crippen LogP contribution in [-0.2, 0) is 0 Å². The molecule has 22 heavy (non-hydrogen) atoms. The van der Waals surface area contributed by atoms with Crippen LogP contribution in [0.4, 0.5) is 5.82 Å². The maximum Gasteiger partial charge on any atom is 0.274 e. The topological polar surface area (TPSA) is 30.3 Å². The van der Waals surface area contributed by atoms with E-state index in [4.69, 9.17) is 0 Å². The minimum absolute atomic E-state index is 0. The van der Waals surface area contributed by atoms with Gasteiger partial charge >= 0.3 is 0 Å². The molecule has 0 amide bonds. The Kier molecular flexibility index (Phi) is 6.23. The van der Waals surface area contributed by atoms with E-state index in [2.05, 4.69) is 38.8 Å². The highest BCUT2D eigenvalue weighted by atomic mass is 35.5. The standard InChI is InChI=1S/C17H19N3S.ClH/c1-14-19-16(13-21-14)8-6-15-7-9-17(18-12-15)20-10-4-2-3-5-11-20;/h7,9,12-13H,2-5,10-11H2,1H3;1H. The third-order valence-corrected chi connectivity index (χ3v) is 4.47. The Morgan fingerprint density at radius 3 is 2.50 bits per heavy atom. The van der Waals surface area contributed by atoms with Crippen molar-refractivity contribution in [3.63, 3.8) is 0 Å². The molecule has 116 valence electrons. The lowest BCUT2D eigenvalue weighted by Gasteiger charge is -2.13. The Bertz CT molecular complexity index is 647. The lowest BCUT2D eigenvalue weighted by atomic mass is 10.2. The monoisotopic (exact) mass is 333 g/mol. The first kappa shape index (κ1) is 16.8. The van der Waals surface area contributed by atoms with Gasteiger partial charge in [-0.1, -0.05) is 5.92 Å². The number of rotatable bonds is 1. The number of hydrogen-bond acceptors (Lipinski definition) is 3. The lowest BCUT2D eigenvalue weighted by molar-refractivity contribution is -0.364. The van der Waals surface area contributed by atoms with Crippen molar-refractivity contribution in [1.29, 1.82) is 0 Å². The molecular formula is C17H20ClN3S. The Labute approximate surface area is 142 Å². The van der Waals surface area contributed by atoms with Crippen LogP contribution in [0, 0.1) is 18.8 Å². The molecular weight excluding hydrogens is 314 g/mol. The number of anilines is 1. The molecule has 2 aromatic rings. The van der Waals surface area contributed by atoms with Crippen LogP contribution in [0.5, 0.6) is 0 Å². The van der Waals surface area contributed by atoms with E-state index in [-0.39, 0.29) is 12.4 Å². The van der Waals surface area contributed by atoms with Crippen molar-refractivity contribution in [3.05, 3.63) is 40.0 Å². The van der Waals surface area contributed by atoms with E-state index in [1.165, 1.54) is 31.5 Å².